The number of nitrogens with zero attached hydrogens (tertiary/aromatic N) is 2. The Morgan fingerprint density at radius 2 is 1.84 bits per heavy atom. The number of nitrogens with one attached hydrogen (secondary N) is 2. The Hall–Kier alpha value is -3.52. The van der Waals surface area contributed by atoms with Crippen molar-refractivity contribution in [3.05, 3.63) is 54.1 Å². The largest absolute Gasteiger partial charge is 0.497 e. The van der Waals surface area contributed by atoms with E-state index in [2.05, 4.69) is 15.3 Å². The van der Waals surface area contributed by atoms with E-state index in [0.29, 0.717) is 41.6 Å². The van der Waals surface area contributed by atoms with E-state index in [9.17, 15) is 9.90 Å². The number of hydrogen-bond acceptors (Lipinski definition) is 7. The van der Waals surface area contributed by atoms with Gasteiger partial charge in [-0.15, -0.1) is 0 Å². The molecule has 160 valence electrons. The molecular formula is C23H24N4O4. The predicted molar refractivity (Wildman–Crippen MR) is 117 cm³/mol. The molecule has 8 heteroatoms. The van der Waals surface area contributed by atoms with E-state index in [-0.39, 0.29) is 5.78 Å². The lowest BCUT2D eigenvalue weighted by molar-refractivity contribution is -0.124. The fourth-order valence-corrected chi connectivity index (χ4v) is 4.68. The summed E-state index contributed by atoms with van der Waals surface area (Å²) >= 11 is 0. The van der Waals surface area contributed by atoms with Gasteiger partial charge in [-0.25, -0.2) is 4.98 Å². The van der Waals surface area contributed by atoms with Crippen LogP contribution >= 0.6 is 0 Å². The number of Topliss-reactive ketones (excluding diaryl/α,β-unsaturated/α-hetero) is 1. The van der Waals surface area contributed by atoms with Gasteiger partial charge in [0, 0.05) is 38.1 Å². The molecule has 0 atom stereocenters. The number of hydrogen-bond donors (Lipinski definition) is 3. The Bertz CT molecular complexity index is 1150. The molecule has 1 spiro atoms. The standard InChI is InChI=1S/C23H24N4O4/c1-24-22-19(21-25-17-6-4-5-7-18(17)26-21)20(29)23(11-14(28)12-23)27(22)13-8-15(30-2)10-16(9-13)31-3/h4-10,14,24,28H,11-12H2,1-3H3,(H,25,26)/t14-,23+. The van der Waals surface area contributed by atoms with Crippen molar-refractivity contribution >= 4 is 28.1 Å². The normalized spacial score (nSPS) is 22.9. The zero-order valence-electron chi connectivity index (χ0n) is 17.6. The molecule has 8 nitrogen and oxygen atoms in total. The van der Waals surface area contributed by atoms with Crippen LogP contribution in [0.4, 0.5) is 5.69 Å². The lowest BCUT2D eigenvalue weighted by Gasteiger charge is -2.48. The van der Waals surface area contributed by atoms with Crippen LogP contribution in [0, 0.1) is 0 Å². The number of ketones is 1. The molecule has 2 aromatic carbocycles. The number of aliphatic hydroxyl groups excluding tert-OH is 1. The number of rotatable bonds is 5. The Morgan fingerprint density at radius 3 is 2.42 bits per heavy atom. The summed E-state index contributed by atoms with van der Waals surface area (Å²) in [6.45, 7) is 0. The number of carbonyl (C=O) groups excluding carboxylic acids is 1. The molecule has 1 saturated carbocycles. The maximum atomic E-state index is 13.8. The molecule has 0 saturated heterocycles. The number of methoxy groups -OCH3 is 2. The van der Waals surface area contributed by atoms with E-state index in [0.717, 1.165) is 16.7 Å². The first-order chi connectivity index (χ1) is 15.0. The first-order valence-corrected chi connectivity index (χ1v) is 10.1. The van der Waals surface area contributed by atoms with Gasteiger partial charge in [-0.1, -0.05) is 12.1 Å². The van der Waals surface area contributed by atoms with Crippen molar-refractivity contribution in [2.24, 2.45) is 0 Å². The molecule has 2 aliphatic rings. The SMILES string of the molecule is CNC1=C(c2nc3ccccc3[nH]2)C(=O)[C@]2(C[C@H](O)C2)N1c1cc(OC)cc(OC)c1. The highest BCUT2D eigenvalue weighted by molar-refractivity contribution is 6.30. The average molecular weight is 420 g/mol. The van der Waals surface area contributed by atoms with Crippen LogP contribution in [-0.2, 0) is 4.79 Å². The van der Waals surface area contributed by atoms with Crippen LogP contribution in [0.5, 0.6) is 11.5 Å². The third kappa shape index (κ3) is 2.79. The molecule has 31 heavy (non-hydrogen) atoms. The van der Waals surface area contributed by atoms with Crippen molar-refractivity contribution in [1.82, 2.24) is 15.3 Å². The van der Waals surface area contributed by atoms with Gasteiger partial charge in [0.05, 0.1) is 37.0 Å². The first-order valence-electron chi connectivity index (χ1n) is 10.1. The smallest absolute Gasteiger partial charge is 0.196 e. The summed E-state index contributed by atoms with van der Waals surface area (Å²) in [4.78, 5) is 23.7. The van der Waals surface area contributed by atoms with Gasteiger partial charge in [-0.05, 0) is 12.1 Å². The number of H-pyrrole nitrogens is 1. The van der Waals surface area contributed by atoms with Crippen LogP contribution in [0.1, 0.15) is 18.7 Å². The minimum atomic E-state index is -0.885. The maximum Gasteiger partial charge on any atom is 0.196 e. The summed E-state index contributed by atoms with van der Waals surface area (Å²) in [5, 5.41) is 13.4. The zero-order valence-corrected chi connectivity index (χ0v) is 17.6. The first kappa shape index (κ1) is 19.4. The summed E-state index contributed by atoms with van der Waals surface area (Å²) in [5.74, 6) is 2.30. The molecule has 1 aromatic heterocycles. The molecule has 0 radical (unpaired) electrons. The molecule has 3 aromatic rings. The summed E-state index contributed by atoms with van der Waals surface area (Å²) in [7, 11) is 4.96. The molecule has 0 bridgehead atoms. The van der Waals surface area contributed by atoms with Crippen molar-refractivity contribution in [2.75, 3.05) is 26.2 Å². The van der Waals surface area contributed by atoms with E-state index in [1.54, 1.807) is 27.3 Å². The number of anilines is 1. The van der Waals surface area contributed by atoms with Gasteiger partial charge in [-0.2, -0.15) is 0 Å². The van der Waals surface area contributed by atoms with Crippen molar-refractivity contribution in [2.45, 2.75) is 24.5 Å². The van der Waals surface area contributed by atoms with Crippen LogP contribution in [-0.4, -0.2) is 53.8 Å². The minimum Gasteiger partial charge on any atom is -0.497 e. The average Bonchev–Trinajstić information content (AvgIpc) is 3.29. The lowest BCUT2D eigenvalue weighted by Crippen LogP contribution is -2.61. The molecule has 0 unspecified atom stereocenters. The van der Waals surface area contributed by atoms with Gasteiger partial charge in [0.15, 0.2) is 5.78 Å². The fourth-order valence-electron chi connectivity index (χ4n) is 4.68. The van der Waals surface area contributed by atoms with Gasteiger partial charge in [0.25, 0.3) is 0 Å². The Balaban J connectivity index is 1.72. The zero-order chi connectivity index (χ0) is 21.8. The number of benzene rings is 2. The van der Waals surface area contributed by atoms with Gasteiger partial charge < -0.3 is 29.8 Å². The van der Waals surface area contributed by atoms with Gasteiger partial charge in [0.2, 0.25) is 0 Å². The van der Waals surface area contributed by atoms with Crippen molar-refractivity contribution < 1.29 is 19.4 Å². The van der Waals surface area contributed by atoms with Crippen molar-refractivity contribution in [1.29, 1.82) is 0 Å². The molecule has 1 aliphatic heterocycles. The fraction of sp³-hybridized carbons (Fsp3) is 0.304. The minimum absolute atomic E-state index is 0.0667. The Morgan fingerprint density at radius 1 is 1.16 bits per heavy atom. The van der Waals surface area contributed by atoms with Crippen molar-refractivity contribution in [3.8, 4) is 11.5 Å². The predicted octanol–water partition coefficient (Wildman–Crippen LogP) is 2.45. The lowest BCUT2D eigenvalue weighted by atomic mass is 9.70. The van der Waals surface area contributed by atoms with Crippen LogP contribution < -0.4 is 19.7 Å². The molecule has 1 aliphatic carbocycles. The summed E-state index contributed by atoms with van der Waals surface area (Å²) < 4.78 is 10.9. The number of aromatic nitrogens is 2. The third-order valence-corrected chi connectivity index (χ3v) is 6.14. The van der Waals surface area contributed by atoms with E-state index < -0.39 is 11.6 Å². The number of para-hydroxylation sites is 2. The second-order valence-corrected chi connectivity index (χ2v) is 7.91. The quantitative estimate of drug-likeness (QED) is 0.583. The number of carbonyl (C=O) groups is 1. The monoisotopic (exact) mass is 420 g/mol. The topological polar surface area (TPSA) is 99.7 Å². The Labute approximate surface area is 179 Å². The number of ether oxygens (including phenoxy) is 2. The molecular weight excluding hydrogens is 396 g/mol. The van der Waals surface area contributed by atoms with Gasteiger partial charge in [-0.3, -0.25) is 4.79 Å². The second-order valence-electron chi connectivity index (χ2n) is 7.91. The van der Waals surface area contributed by atoms with E-state index in [1.165, 1.54) is 0 Å². The highest BCUT2D eigenvalue weighted by atomic mass is 16.5. The van der Waals surface area contributed by atoms with Crippen LogP contribution in [0.15, 0.2) is 48.3 Å². The number of fused-ring (bicyclic) bond motifs is 1. The summed E-state index contributed by atoms with van der Waals surface area (Å²) in [6, 6.07) is 13.2. The van der Waals surface area contributed by atoms with Crippen LogP contribution in [0.2, 0.25) is 0 Å². The second kappa shape index (κ2) is 7.02. The number of imidazole rings is 1. The summed E-state index contributed by atoms with van der Waals surface area (Å²) in [5.41, 5.74) is 1.98. The van der Waals surface area contributed by atoms with Gasteiger partial charge >= 0.3 is 0 Å². The van der Waals surface area contributed by atoms with Crippen LogP contribution in [0.3, 0.4) is 0 Å². The van der Waals surface area contributed by atoms with E-state index in [1.807, 2.05) is 41.3 Å². The highest BCUT2D eigenvalue weighted by Crippen LogP contribution is 2.51. The van der Waals surface area contributed by atoms with E-state index in [4.69, 9.17) is 9.47 Å². The third-order valence-electron chi connectivity index (χ3n) is 6.14. The molecule has 1 fully saturated rings. The molecule has 5 rings (SSSR count). The number of aromatic amines is 1. The van der Waals surface area contributed by atoms with E-state index >= 15 is 0 Å². The molecule has 3 N–H and O–H groups in total. The molecule has 2 heterocycles. The highest BCUT2D eigenvalue weighted by Gasteiger charge is 2.61. The summed E-state index contributed by atoms with van der Waals surface area (Å²) in [6.07, 6.45) is 0.132. The van der Waals surface area contributed by atoms with Crippen LogP contribution in [0.25, 0.3) is 16.6 Å². The Kier molecular flexibility index (Phi) is 4.40. The number of aliphatic hydroxyl groups is 1. The van der Waals surface area contributed by atoms with Crippen molar-refractivity contribution in [3.63, 3.8) is 0 Å². The maximum absolute atomic E-state index is 13.8. The van der Waals surface area contributed by atoms with Gasteiger partial charge in [0.1, 0.15) is 34.3 Å². The molecule has 0 amide bonds.